The first-order valence-corrected chi connectivity index (χ1v) is 8.31. The minimum absolute atomic E-state index is 0.000376. The molecule has 0 aromatic carbocycles. The molecule has 1 rings (SSSR count). The Morgan fingerprint density at radius 3 is 2.41 bits per heavy atom. The van der Waals surface area contributed by atoms with Gasteiger partial charge in [-0.2, -0.15) is 0 Å². The number of aryl methyl sites for hydroxylation is 2. The SMILES string of the molecule is CCC(=O)N(CCCN(C)C)CC(=O)Nc1nc(C)c(C)s1. The Bertz CT molecular complexity index is 494. The minimum atomic E-state index is -0.194. The minimum Gasteiger partial charge on any atom is -0.333 e. The molecule has 0 unspecified atom stereocenters. The maximum Gasteiger partial charge on any atom is 0.245 e. The lowest BCUT2D eigenvalue weighted by atomic mass is 10.3. The number of hydrogen-bond acceptors (Lipinski definition) is 5. The average molecular weight is 326 g/mol. The fourth-order valence-corrected chi connectivity index (χ4v) is 2.78. The van der Waals surface area contributed by atoms with Crippen molar-refractivity contribution in [3.63, 3.8) is 0 Å². The van der Waals surface area contributed by atoms with Gasteiger partial charge in [-0.05, 0) is 40.9 Å². The van der Waals surface area contributed by atoms with Crippen molar-refractivity contribution in [2.75, 3.05) is 39.0 Å². The summed E-state index contributed by atoms with van der Waals surface area (Å²) >= 11 is 1.45. The maximum absolute atomic E-state index is 12.1. The van der Waals surface area contributed by atoms with Crippen molar-refractivity contribution in [2.45, 2.75) is 33.6 Å². The predicted molar refractivity (Wildman–Crippen MR) is 90.3 cm³/mol. The molecule has 0 aliphatic carbocycles. The van der Waals surface area contributed by atoms with Crippen molar-refractivity contribution in [1.29, 1.82) is 0 Å². The van der Waals surface area contributed by atoms with Gasteiger partial charge in [0.15, 0.2) is 5.13 Å². The number of rotatable bonds is 8. The Balaban J connectivity index is 2.56. The van der Waals surface area contributed by atoms with E-state index >= 15 is 0 Å². The van der Waals surface area contributed by atoms with Gasteiger partial charge in [-0.25, -0.2) is 4.98 Å². The first-order chi connectivity index (χ1) is 10.3. The molecule has 6 nitrogen and oxygen atoms in total. The van der Waals surface area contributed by atoms with Gasteiger partial charge in [0.05, 0.1) is 12.2 Å². The van der Waals surface area contributed by atoms with E-state index in [1.165, 1.54) is 11.3 Å². The van der Waals surface area contributed by atoms with Crippen LogP contribution in [0.5, 0.6) is 0 Å². The largest absolute Gasteiger partial charge is 0.333 e. The average Bonchev–Trinajstić information content (AvgIpc) is 2.74. The summed E-state index contributed by atoms with van der Waals surface area (Å²) in [4.78, 5) is 33.1. The highest BCUT2D eigenvalue weighted by Gasteiger charge is 2.16. The van der Waals surface area contributed by atoms with Crippen LogP contribution in [0.3, 0.4) is 0 Å². The van der Waals surface area contributed by atoms with Crippen LogP contribution in [0.15, 0.2) is 0 Å². The molecule has 0 radical (unpaired) electrons. The van der Waals surface area contributed by atoms with Gasteiger partial charge in [0.25, 0.3) is 0 Å². The number of nitrogens with one attached hydrogen (secondary N) is 1. The third-order valence-electron chi connectivity index (χ3n) is 3.30. The number of carbonyl (C=O) groups excluding carboxylic acids is 2. The van der Waals surface area contributed by atoms with E-state index in [0.29, 0.717) is 18.1 Å². The van der Waals surface area contributed by atoms with E-state index in [1.54, 1.807) is 4.90 Å². The molecule has 0 saturated carbocycles. The summed E-state index contributed by atoms with van der Waals surface area (Å²) in [6.07, 6.45) is 1.26. The Morgan fingerprint density at radius 1 is 1.23 bits per heavy atom. The summed E-state index contributed by atoms with van der Waals surface area (Å²) in [6, 6.07) is 0. The molecule has 22 heavy (non-hydrogen) atoms. The molecule has 0 bridgehead atoms. The number of thiazole rings is 1. The maximum atomic E-state index is 12.1. The van der Waals surface area contributed by atoms with E-state index in [-0.39, 0.29) is 18.4 Å². The second-order valence-corrected chi connectivity index (χ2v) is 6.74. The quantitative estimate of drug-likeness (QED) is 0.792. The normalized spacial score (nSPS) is 10.8. The molecular weight excluding hydrogens is 300 g/mol. The molecule has 1 aromatic heterocycles. The molecule has 0 saturated heterocycles. The van der Waals surface area contributed by atoms with Crippen LogP contribution in [0, 0.1) is 13.8 Å². The summed E-state index contributed by atoms with van der Waals surface area (Å²) in [5, 5.41) is 3.37. The molecule has 0 fully saturated rings. The van der Waals surface area contributed by atoms with Crippen molar-refractivity contribution in [1.82, 2.24) is 14.8 Å². The summed E-state index contributed by atoms with van der Waals surface area (Å²) in [6.45, 7) is 7.26. The topological polar surface area (TPSA) is 65.5 Å². The molecule has 1 heterocycles. The van der Waals surface area contributed by atoms with Crippen molar-refractivity contribution in [2.24, 2.45) is 0 Å². The van der Waals surface area contributed by atoms with E-state index in [9.17, 15) is 9.59 Å². The number of hydrogen-bond donors (Lipinski definition) is 1. The highest BCUT2D eigenvalue weighted by molar-refractivity contribution is 7.15. The zero-order valence-corrected chi connectivity index (χ0v) is 14.9. The smallest absolute Gasteiger partial charge is 0.245 e. The van der Waals surface area contributed by atoms with Crippen molar-refractivity contribution in [3.8, 4) is 0 Å². The molecule has 124 valence electrons. The molecular formula is C15H26N4O2S. The standard InChI is InChI=1S/C15H26N4O2S/c1-6-14(21)19(9-7-8-18(4)5)10-13(20)17-15-16-11(2)12(3)22-15/h6-10H2,1-5H3,(H,16,17,20). The van der Waals surface area contributed by atoms with Gasteiger partial charge in [0.1, 0.15) is 0 Å². The second kappa shape index (κ2) is 8.85. The summed E-state index contributed by atoms with van der Waals surface area (Å²) in [7, 11) is 3.98. The predicted octanol–water partition coefficient (Wildman–Crippen LogP) is 1.89. The van der Waals surface area contributed by atoms with Gasteiger partial charge >= 0.3 is 0 Å². The molecule has 7 heteroatoms. The lowest BCUT2D eigenvalue weighted by molar-refractivity contribution is -0.134. The fraction of sp³-hybridized carbons (Fsp3) is 0.667. The Kier molecular flexibility index (Phi) is 7.47. The monoisotopic (exact) mass is 326 g/mol. The van der Waals surface area contributed by atoms with Crippen LogP contribution in [0.2, 0.25) is 0 Å². The van der Waals surface area contributed by atoms with Gasteiger partial charge in [-0.3, -0.25) is 9.59 Å². The van der Waals surface area contributed by atoms with Gasteiger partial charge in [0, 0.05) is 17.8 Å². The molecule has 0 atom stereocenters. The van der Waals surface area contributed by atoms with E-state index in [4.69, 9.17) is 0 Å². The summed E-state index contributed by atoms with van der Waals surface area (Å²) in [5.41, 5.74) is 0.924. The molecule has 0 aliphatic heterocycles. The van der Waals surface area contributed by atoms with E-state index < -0.39 is 0 Å². The molecule has 1 aromatic rings. The Hall–Kier alpha value is -1.47. The third-order valence-corrected chi connectivity index (χ3v) is 4.29. The molecule has 1 N–H and O–H groups in total. The fourth-order valence-electron chi connectivity index (χ4n) is 1.95. The van der Waals surface area contributed by atoms with Crippen LogP contribution in [0.25, 0.3) is 0 Å². The zero-order chi connectivity index (χ0) is 16.7. The van der Waals surface area contributed by atoms with Crippen LogP contribution < -0.4 is 5.32 Å². The van der Waals surface area contributed by atoms with Crippen LogP contribution in [0.1, 0.15) is 30.3 Å². The zero-order valence-electron chi connectivity index (χ0n) is 14.1. The van der Waals surface area contributed by atoms with E-state index in [1.807, 2.05) is 34.9 Å². The molecule has 2 amide bonds. The van der Waals surface area contributed by atoms with Crippen LogP contribution >= 0.6 is 11.3 Å². The van der Waals surface area contributed by atoms with Gasteiger partial charge < -0.3 is 15.1 Å². The highest BCUT2D eigenvalue weighted by atomic mass is 32.1. The van der Waals surface area contributed by atoms with Crippen LogP contribution in [-0.4, -0.2) is 60.3 Å². The van der Waals surface area contributed by atoms with Gasteiger partial charge in [-0.1, -0.05) is 6.92 Å². The number of aromatic nitrogens is 1. The highest BCUT2D eigenvalue weighted by Crippen LogP contribution is 2.20. The van der Waals surface area contributed by atoms with E-state index in [0.717, 1.165) is 23.5 Å². The second-order valence-electron chi connectivity index (χ2n) is 5.53. The Labute approximate surface area is 136 Å². The number of amides is 2. The lowest BCUT2D eigenvalue weighted by Gasteiger charge is -2.22. The van der Waals surface area contributed by atoms with Crippen LogP contribution in [-0.2, 0) is 9.59 Å². The van der Waals surface area contributed by atoms with E-state index in [2.05, 4.69) is 15.2 Å². The number of anilines is 1. The van der Waals surface area contributed by atoms with Crippen molar-refractivity contribution in [3.05, 3.63) is 10.6 Å². The van der Waals surface area contributed by atoms with Gasteiger partial charge in [-0.15, -0.1) is 11.3 Å². The lowest BCUT2D eigenvalue weighted by Crippen LogP contribution is -2.39. The van der Waals surface area contributed by atoms with Crippen LogP contribution in [0.4, 0.5) is 5.13 Å². The number of carbonyl (C=O) groups is 2. The molecule has 0 spiro atoms. The third kappa shape index (κ3) is 6.11. The van der Waals surface area contributed by atoms with Crippen molar-refractivity contribution < 1.29 is 9.59 Å². The van der Waals surface area contributed by atoms with Crippen molar-refractivity contribution >= 4 is 28.3 Å². The first-order valence-electron chi connectivity index (χ1n) is 7.49. The number of nitrogens with zero attached hydrogens (tertiary/aromatic N) is 3. The Morgan fingerprint density at radius 2 is 1.91 bits per heavy atom. The molecule has 0 aliphatic rings. The summed E-state index contributed by atoms with van der Waals surface area (Å²) < 4.78 is 0. The summed E-state index contributed by atoms with van der Waals surface area (Å²) in [5.74, 6) is -0.194. The first kappa shape index (κ1) is 18.6. The van der Waals surface area contributed by atoms with Gasteiger partial charge in [0.2, 0.25) is 11.8 Å².